The minimum absolute atomic E-state index is 0.146. The number of nitrogens with one attached hydrogen (secondary N) is 1. The normalized spacial score (nSPS) is 15.6. The number of rotatable bonds is 3. The number of fused-ring (bicyclic) bond motifs is 1. The Bertz CT molecular complexity index is 494. The second-order valence-corrected chi connectivity index (χ2v) is 6.04. The molecule has 20 heavy (non-hydrogen) atoms. The number of carbonyl (C=O) groups excluding carboxylic acids is 1. The van der Waals surface area contributed by atoms with E-state index in [1.165, 1.54) is 0 Å². The molecule has 0 fully saturated rings. The highest BCUT2D eigenvalue weighted by Gasteiger charge is 2.27. The van der Waals surface area contributed by atoms with Crippen LogP contribution < -0.4 is 20.5 Å². The molecule has 0 radical (unpaired) electrons. The van der Waals surface area contributed by atoms with E-state index >= 15 is 0 Å². The van der Waals surface area contributed by atoms with E-state index in [9.17, 15) is 4.79 Å². The van der Waals surface area contributed by atoms with E-state index < -0.39 is 6.04 Å². The Morgan fingerprint density at radius 3 is 2.60 bits per heavy atom. The number of hydrogen-bond acceptors (Lipinski definition) is 4. The van der Waals surface area contributed by atoms with Crippen LogP contribution in [0.4, 0.5) is 0 Å². The van der Waals surface area contributed by atoms with Crippen LogP contribution in [0.25, 0.3) is 0 Å². The maximum absolute atomic E-state index is 12.0. The van der Waals surface area contributed by atoms with E-state index in [4.69, 9.17) is 15.2 Å². The molecule has 1 aromatic rings. The Labute approximate surface area is 119 Å². The minimum atomic E-state index is -0.528. The van der Waals surface area contributed by atoms with Gasteiger partial charge in [-0.15, -0.1) is 0 Å². The predicted molar refractivity (Wildman–Crippen MR) is 76.7 cm³/mol. The molecule has 1 aromatic carbocycles. The van der Waals surface area contributed by atoms with Gasteiger partial charge in [0, 0.05) is 6.54 Å². The fourth-order valence-electron chi connectivity index (χ4n) is 1.89. The zero-order valence-electron chi connectivity index (χ0n) is 12.2. The molecular formula is C15H22N2O3. The summed E-state index contributed by atoms with van der Waals surface area (Å²) in [6.45, 7) is 7.39. The van der Waals surface area contributed by atoms with Crippen molar-refractivity contribution in [2.75, 3.05) is 13.2 Å². The first kappa shape index (κ1) is 14.7. The quantitative estimate of drug-likeness (QED) is 0.877. The standard InChI is InChI=1S/C15H22N2O3/c1-15(2,3)13(16)14(18)17-9-10-4-5-11-12(8-10)20-7-6-19-11/h4-5,8,13H,6-7,9,16H2,1-3H3,(H,17,18)/t13-/m0/s1. The van der Waals surface area contributed by atoms with Gasteiger partial charge < -0.3 is 20.5 Å². The number of nitrogens with two attached hydrogens (primary N) is 1. The van der Waals surface area contributed by atoms with Crippen molar-refractivity contribution in [3.8, 4) is 11.5 Å². The summed E-state index contributed by atoms with van der Waals surface area (Å²) in [7, 11) is 0. The molecule has 0 saturated carbocycles. The van der Waals surface area contributed by atoms with Crippen molar-refractivity contribution in [3.05, 3.63) is 23.8 Å². The van der Waals surface area contributed by atoms with E-state index in [-0.39, 0.29) is 11.3 Å². The smallest absolute Gasteiger partial charge is 0.237 e. The summed E-state index contributed by atoms with van der Waals surface area (Å²) < 4.78 is 11.0. The maximum Gasteiger partial charge on any atom is 0.237 e. The van der Waals surface area contributed by atoms with Gasteiger partial charge in [-0.05, 0) is 23.1 Å². The van der Waals surface area contributed by atoms with Crippen LogP contribution in [-0.2, 0) is 11.3 Å². The van der Waals surface area contributed by atoms with Crippen molar-refractivity contribution in [1.29, 1.82) is 0 Å². The molecule has 1 aliphatic heterocycles. The van der Waals surface area contributed by atoms with Gasteiger partial charge in [-0.2, -0.15) is 0 Å². The Morgan fingerprint density at radius 2 is 1.95 bits per heavy atom. The summed E-state index contributed by atoms with van der Waals surface area (Å²) in [4.78, 5) is 12.0. The van der Waals surface area contributed by atoms with Gasteiger partial charge in [0.1, 0.15) is 13.2 Å². The number of amides is 1. The number of benzene rings is 1. The molecule has 0 unspecified atom stereocenters. The highest BCUT2D eigenvalue weighted by atomic mass is 16.6. The first-order valence-corrected chi connectivity index (χ1v) is 6.80. The lowest BCUT2D eigenvalue weighted by Gasteiger charge is -2.26. The first-order chi connectivity index (χ1) is 9.38. The van der Waals surface area contributed by atoms with Gasteiger partial charge in [-0.3, -0.25) is 4.79 Å². The molecule has 2 rings (SSSR count). The zero-order valence-corrected chi connectivity index (χ0v) is 12.2. The summed E-state index contributed by atoms with van der Waals surface area (Å²) >= 11 is 0. The zero-order chi connectivity index (χ0) is 14.8. The van der Waals surface area contributed by atoms with Crippen LogP contribution in [0.5, 0.6) is 11.5 Å². The fraction of sp³-hybridized carbons (Fsp3) is 0.533. The Kier molecular flexibility index (Phi) is 4.18. The molecule has 0 bridgehead atoms. The van der Waals surface area contributed by atoms with Gasteiger partial charge in [-0.1, -0.05) is 26.8 Å². The van der Waals surface area contributed by atoms with Gasteiger partial charge in [0.25, 0.3) is 0 Å². The van der Waals surface area contributed by atoms with Gasteiger partial charge in [0.05, 0.1) is 6.04 Å². The van der Waals surface area contributed by atoms with E-state index in [2.05, 4.69) is 5.32 Å². The molecule has 1 aliphatic rings. The van der Waals surface area contributed by atoms with Gasteiger partial charge in [0.2, 0.25) is 5.91 Å². The van der Waals surface area contributed by atoms with Gasteiger partial charge >= 0.3 is 0 Å². The number of ether oxygens (including phenoxy) is 2. The molecule has 1 atom stereocenters. The SMILES string of the molecule is CC(C)(C)[C@@H](N)C(=O)NCc1ccc2c(c1)OCCO2. The molecule has 0 spiro atoms. The molecule has 0 aromatic heterocycles. The van der Waals surface area contributed by atoms with Crippen LogP contribution in [0.3, 0.4) is 0 Å². The average molecular weight is 278 g/mol. The Morgan fingerprint density at radius 1 is 1.30 bits per heavy atom. The van der Waals surface area contributed by atoms with Crippen molar-refractivity contribution in [2.45, 2.75) is 33.4 Å². The predicted octanol–water partition coefficient (Wildman–Crippen LogP) is 1.45. The highest BCUT2D eigenvalue weighted by molar-refractivity contribution is 5.82. The topological polar surface area (TPSA) is 73.6 Å². The summed E-state index contributed by atoms with van der Waals surface area (Å²) in [6.07, 6.45) is 0. The second-order valence-electron chi connectivity index (χ2n) is 6.04. The van der Waals surface area contributed by atoms with E-state index in [0.29, 0.717) is 19.8 Å². The van der Waals surface area contributed by atoms with Crippen LogP contribution in [0.2, 0.25) is 0 Å². The third-order valence-electron chi connectivity index (χ3n) is 3.29. The molecule has 0 saturated heterocycles. The lowest BCUT2D eigenvalue weighted by atomic mass is 9.87. The monoisotopic (exact) mass is 278 g/mol. The molecular weight excluding hydrogens is 256 g/mol. The van der Waals surface area contributed by atoms with Crippen molar-refractivity contribution in [1.82, 2.24) is 5.32 Å². The lowest BCUT2D eigenvalue weighted by molar-refractivity contribution is -0.124. The third-order valence-corrected chi connectivity index (χ3v) is 3.29. The van der Waals surface area contributed by atoms with Crippen molar-refractivity contribution < 1.29 is 14.3 Å². The number of hydrogen-bond donors (Lipinski definition) is 2. The van der Waals surface area contributed by atoms with Crippen LogP contribution in [-0.4, -0.2) is 25.2 Å². The van der Waals surface area contributed by atoms with Crippen LogP contribution in [0.15, 0.2) is 18.2 Å². The van der Waals surface area contributed by atoms with Crippen molar-refractivity contribution in [2.24, 2.45) is 11.1 Å². The molecule has 3 N–H and O–H groups in total. The maximum atomic E-state index is 12.0. The molecule has 5 heteroatoms. The summed E-state index contributed by atoms with van der Waals surface area (Å²) in [5, 5.41) is 2.85. The Hall–Kier alpha value is -1.75. The fourth-order valence-corrected chi connectivity index (χ4v) is 1.89. The van der Waals surface area contributed by atoms with Crippen LogP contribution in [0, 0.1) is 5.41 Å². The molecule has 1 heterocycles. The molecule has 5 nitrogen and oxygen atoms in total. The average Bonchev–Trinajstić information content (AvgIpc) is 2.42. The summed E-state index contributed by atoms with van der Waals surface area (Å²) in [5.41, 5.74) is 6.62. The Balaban J connectivity index is 1.96. The van der Waals surface area contributed by atoms with Crippen LogP contribution in [0.1, 0.15) is 26.3 Å². The van der Waals surface area contributed by atoms with E-state index in [1.807, 2.05) is 39.0 Å². The van der Waals surface area contributed by atoms with Crippen LogP contribution >= 0.6 is 0 Å². The summed E-state index contributed by atoms with van der Waals surface area (Å²) in [6, 6.07) is 5.13. The van der Waals surface area contributed by atoms with Gasteiger partial charge in [0.15, 0.2) is 11.5 Å². The van der Waals surface area contributed by atoms with Crippen molar-refractivity contribution in [3.63, 3.8) is 0 Å². The largest absolute Gasteiger partial charge is 0.486 e. The van der Waals surface area contributed by atoms with Gasteiger partial charge in [-0.25, -0.2) is 0 Å². The first-order valence-electron chi connectivity index (χ1n) is 6.80. The van der Waals surface area contributed by atoms with Crippen molar-refractivity contribution >= 4 is 5.91 Å². The minimum Gasteiger partial charge on any atom is -0.486 e. The lowest BCUT2D eigenvalue weighted by Crippen LogP contribution is -2.48. The molecule has 1 amide bonds. The molecule has 0 aliphatic carbocycles. The summed E-state index contributed by atoms with van der Waals surface area (Å²) in [5.74, 6) is 1.33. The second kappa shape index (κ2) is 5.71. The van der Waals surface area contributed by atoms with E-state index in [1.54, 1.807) is 0 Å². The highest BCUT2D eigenvalue weighted by Crippen LogP contribution is 2.30. The number of carbonyl (C=O) groups is 1. The van der Waals surface area contributed by atoms with E-state index in [0.717, 1.165) is 17.1 Å². The third kappa shape index (κ3) is 3.42. The molecule has 110 valence electrons.